The summed E-state index contributed by atoms with van der Waals surface area (Å²) < 4.78 is 0. The van der Waals surface area contributed by atoms with Gasteiger partial charge >= 0.3 is 0 Å². The zero-order chi connectivity index (χ0) is 17.3. The fraction of sp³-hybridized carbons (Fsp3) is 0.278. The van der Waals surface area contributed by atoms with Crippen molar-refractivity contribution in [3.63, 3.8) is 0 Å². The van der Waals surface area contributed by atoms with Crippen LogP contribution in [0.4, 0.5) is 5.69 Å². The van der Waals surface area contributed by atoms with Crippen molar-refractivity contribution in [2.75, 3.05) is 14.1 Å². The molecule has 5 nitrogen and oxygen atoms in total. The summed E-state index contributed by atoms with van der Waals surface area (Å²) in [7, 11) is 3.73. The number of carbonyl (C=O) groups is 1. The molecule has 1 aliphatic rings. The minimum absolute atomic E-state index is 0.0374. The highest BCUT2D eigenvalue weighted by molar-refractivity contribution is 7.16. The topological polar surface area (TPSA) is 63.5 Å². The Labute approximate surface area is 144 Å². The molecule has 124 valence electrons. The second kappa shape index (κ2) is 6.57. The summed E-state index contributed by atoms with van der Waals surface area (Å²) in [6, 6.07) is 6.52. The lowest BCUT2D eigenvalue weighted by Gasteiger charge is -2.06. The van der Waals surface area contributed by atoms with Crippen LogP contribution in [-0.4, -0.2) is 29.7 Å². The number of nitro groups is 1. The van der Waals surface area contributed by atoms with E-state index in [2.05, 4.69) is 0 Å². The van der Waals surface area contributed by atoms with Crippen molar-refractivity contribution in [2.24, 2.45) is 0 Å². The third kappa shape index (κ3) is 3.10. The Balaban J connectivity index is 2.10. The molecule has 0 fully saturated rings. The van der Waals surface area contributed by atoms with E-state index in [-0.39, 0.29) is 11.5 Å². The van der Waals surface area contributed by atoms with Crippen LogP contribution in [0.1, 0.15) is 27.2 Å². The van der Waals surface area contributed by atoms with Crippen LogP contribution in [0, 0.1) is 10.1 Å². The van der Waals surface area contributed by atoms with Gasteiger partial charge in [0.05, 0.1) is 4.92 Å². The first kappa shape index (κ1) is 16.4. The molecule has 1 aliphatic carbocycles. The van der Waals surface area contributed by atoms with E-state index >= 15 is 0 Å². The normalized spacial score (nSPS) is 13.2. The Morgan fingerprint density at radius 2 is 2.12 bits per heavy atom. The third-order valence-electron chi connectivity index (χ3n) is 4.01. The second-order valence-electron chi connectivity index (χ2n) is 6.01. The predicted molar refractivity (Wildman–Crippen MR) is 95.6 cm³/mol. The maximum absolute atomic E-state index is 12.7. The van der Waals surface area contributed by atoms with E-state index in [1.54, 1.807) is 35.7 Å². The van der Waals surface area contributed by atoms with Crippen LogP contribution in [0.15, 0.2) is 36.5 Å². The molecule has 0 saturated carbocycles. The number of hydrogen-bond acceptors (Lipinski definition) is 5. The van der Waals surface area contributed by atoms with Crippen LogP contribution in [0.5, 0.6) is 0 Å². The highest BCUT2D eigenvalue weighted by atomic mass is 32.1. The lowest BCUT2D eigenvalue weighted by atomic mass is 10.0. The van der Waals surface area contributed by atoms with E-state index in [1.165, 1.54) is 10.9 Å². The van der Waals surface area contributed by atoms with Crippen molar-refractivity contribution in [1.82, 2.24) is 4.90 Å². The van der Waals surface area contributed by atoms with Gasteiger partial charge in [-0.3, -0.25) is 14.9 Å². The monoisotopic (exact) mass is 342 g/mol. The Hall–Kier alpha value is -2.47. The number of hydrogen-bond donors (Lipinski definition) is 0. The Morgan fingerprint density at radius 1 is 1.33 bits per heavy atom. The summed E-state index contributed by atoms with van der Waals surface area (Å²) >= 11 is 1.59. The molecule has 1 aromatic heterocycles. The highest BCUT2D eigenvalue weighted by Gasteiger charge is 2.26. The lowest BCUT2D eigenvalue weighted by Crippen LogP contribution is -2.04. The number of nitrogens with zero attached hydrogens (tertiary/aromatic N) is 2. The first-order valence-corrected chi connectivity index (χ1v) is 8.57. The zero-order valence-electron chi connectivity index (χ0n) is 13.6. The molecule has 0 spiro atoms. The molecule has 0 amide bonds. The number of fused-ring (bicyclic) bond motifs is 1. The number of non-ortho nitro benzene ring substituents is 1. The molecular formula is C18H18N2O3S. The SMILES string of the molecule is CN(C)C=CC(=O)c1c(-c2cccc([N+](=O)[O-])c2)sc2c1CCC2. The van der Waals surface area contributed by atoms with Gasteiger partial charge in [0.25, 0.3) is 5.69 Å². The lowest BCUT2D eigenvalue weighted by molar-refractivity contribution is -0.384. The predicted octanol–water partition coefficient (Wildman–Crippen LogP) is 4.07. The van der Waals surface area contributed by atoms with E-state index in [1.807, 2.05) is 25.1 Å². The molecule has 0 saturated heterocycles. The minimum Gasteiger partial charge on any atom is -0.383 e. The van der Waals surface area contributed by atoms with Gasteiger partial charge < -0.3 is 4.90 Å². The average molecular weight is 342 g/mol. The second-order valence-corrected chi connectivity index (χ2v) is 7.12. The molecule has 1 heterocycles. The average Bonchev–Trinajstić information content (AvgIpc) is 3.13. The van der Waals surface area contributed by atoms with Gasteiger partial charge in [-0.15, -0.1) is 11.3 Å². The molecule has 3 rings (SSSR count). The van der Waals surface area contributed by atoms with Crippen LogP contribution < -0.4 is 0 Å². The zero-order valence-corrected chi connectivity index (χ0v) is 14.4. The Kier molecular flexibility index (Phi) is 4.49. The summed E-state index contributed by atoms with van der Waals surface area (Å²) in [5.41, 5.74) is 2.62. The summed E-state index contributed by atoms with van der Waals surface area (Å²) in [5, 5.41) is 11.0. The van der Waals surface area contributed by atoms with E-state index in [9.17, 15) is 14.9 Å². The molecular weight excluding hydrogens is 324 g/mol. The summed E-state index contributed by atoms with van der Waals surface area (Å²) in [6.07, 6.45) is 6.25. The first-order valence-electron chi connectivity index (χ1n) is 7.75. The number of thiophene rings is 1. The summed E-state index contributed by atoms with van der Waals surface area (Å²) in [4.78, 5) is 27.3. The molecule has 0 aliphatic heterocycles. The van der Waals surface area contributed by atoms with Gasteiger partial charge in [0.15, 0.2) is 5.78 Å². The standard InChI is InChI=1S/C18H18N2O3S/c1-19(2)10-9-15(21)17-14-7-4-8-16(14)24-18(17)12-5-3-6-13(11-12)20(22)23/h3,5-6,9-11H,4,7-8H2,1-2H3. The molecule has 0 bridgehead atoms. The van der Waals surface area contributed by atoms with Crippen LogP contribution in [-0.2, 0) is 12.8 Å². The molecule has 0 radical (unpaired) electrons. The number of aryl methyl sites for hydroxylation is 1. The fourth-order valence-electron chi connectivity index (χ4n) is 2.93. The van der Waals surface area contributed by atoms with Crippen LogP contribution in [0.25, 0.3) is 10.4 Å². The summed E-state index contributed by atoms with van der Waals surface area (Å²) in [6.45, 7) is 0. The van der Waals surface area contributed by atoms with Crippen LogP contribution in [0.3, 0.4) is 0 Å². The Morgan fingerprint density at radius 3 is 2.83 bits per heavy atom. The number of ketones is 1. The largest absolute Gasteiger partial charge is 0.383 e. The minimum atomic E-state index is -0.405. The maximum Gasteiger partial charge on any atom is 0.270 e. The van der Waals surface area contributed by atoms with Crippen LogP contribution in [0.2, 0.25) is 0 Å². The molecule has 6 heteroatoms. The molecule has 1 aromatic carbocycles. The van der Waals surface area contributed by atoms with Gasteiger partial charge in [-0.25, -0.2) is 0 Å². The van der Waals surface area contributed by atoms with E-state index in [4.69, 9.17) is 0 Å². The molecule has 0 atom stereocenters. The van der Waals surface area contributed by atoms with E-state index < -0.39 is 4.92 Å². The summed E-state index contributed by atoms with van der Waals surface area (Å²) in [5.74, 6) is -0.0374. The van der Waals surface area contributed by atoms with Crippen molar-refractivity contribution < 1.29 is 9.72 Å². The quantitative estimate of drug-likeness (QED) is 0.356. The number of rotatable bonds is 5. The van der Waals surface area contributed by atoms with Crippen molar-refractivity contribution in [2.45, 2.75) is 19.3 Å². The van der Waals surface area contributed by atoms with Crippen molar-refractivity contribution in [1.29, 1.82) is 0 Å². The van der Waals surface area contributed by atoms with E-state index in [0.717, 1.165) is 35.3 Å². The van der Waals surface area contributed by atoms with Crippen molar-refractivity contribution in [3.05, 3.63) is 62.7 Å². The number of allylic oxidation sites excluding steroid dienone is 1. The number of carbonyl (C=O) groups excluding carboxylic acids is 1. The van der Waals surface area contributed by atoms with Gasteiger partial charge in [0.2, 0.25) is 0 Å². The van der Waals surface area contributed by atoms with Crippen molar-refractivity contribution in [3.8, 4) is 10.4 Å². The highest BCUT2D eigenvalue weighted by Crippen LogP contribution is 2.42. The smallest absolute Gasteiger partial charge is 0.270 e. The Bertz CT molecular complexity index is 837. The fourth-order valence-corrected chi connectivity index (χ4v) is 4.32. The van der Waals surface area contributed by atoms with Crippen LogP contribution >= 0.6 is 11.3 Å². The molecule has 0 unspecified atom stereocenters. The maximum atomic E-state index is 12.7. The van der Waals surface area contributed by atoms with Gasteiger partial charge in [0, 0.05) is 53.8 Å². The number of nitro benzene ring substituents is 1. The molecule has 2 aromatic rings. The number of benzene rings is 1. The van der Waals surface area contributed by atoms with Gasteiger partial charge in [0.1, 0.15) is 0 Å². The van der Waals surface area contributed by atoms with Gasteiger partial charge in [-0.05, 0) is 30.4 Å². The first-order chi connectivity index (χ1) is 11.5. The van der Waals surface area contributed by atoms with Gasteiger partial charge in [-0.2, -0.15) is 0 Å². The third-order valence-corrected chi connectivity index (χ3v) is 5.35. The van der Waals surface area contributed by atoms with Crippen molar-refractivity contribution >= 4 is 22.8 Å². The van der Waals surface area contributed by atoms with Gasteiger partial charge in [-0.1, -0.05) is 12.1 Å². The van der Waals surface area contributed by atoms with E-state index in [0.29, 0.717) is 5.56 Å². The molecule has 0 N–H and O–H groups in total. The molecule has 24 heavy (non-hydrogen) atoms.